The van der Waals surface area contributed by atoms with E-state index in [1.165, 1.54) is 7.06 Å². The first-order valence-corrected chi connectivity index (χ1v) is 7.33. The lowest BCUT2D eigenvalue weighted by Gasteiger charge is -2.45. The minimum Gasteiger partial charge on any atom is 0 e. The van der Waals surface area contributed by atoms with Gasteiger partial charge in [-0.15, -0.1) is 0 Å². The molecule has 0 aromatic carbocycles. The molecule has 69 valence electrons. The van der Waals surface area contributed by atoms with Crippen molar-refractivity contribution in [2.24, 2.45) is 0 Å². The molecule has 0 bridgehead atoms. The summed E-state index contributed by atoms with van der Waals surface area (Å²) < 4.78 is 0. The lowest BCUT2D eigenvalue weighted by molar-refractivity contribution is 3.30. The zero-order valence-corrected chi connectivity index (χ0v) is 13.3. The van der Waals surface area contributed by atoms with E-state index in [1.807, 2.05) is 0 Å². The zero-order chi connectivity index (χ0) is 18.5. The van der Waals surface area contributed by atoms with E-state index in [4.69, 9.17) is 92.8 Å². The van der Waals surface area contributed by atoms with Gasteiger partial charge in [0.2, 0.25) is 0 Å². The van der Waals surface area contributed by atoms with Gasteiger partial charge in [0, 0.05) is 164 Å². The Bertz CT molecular complexity index is 261. The Morgan fingerprint density at radius 1 is 0.391 bits per heavy atom. The average molecular weight is 249 g/mol. The SMILES string of the molecule is [B][B]B([B])B(B([B])[B])B(B(B([B])[B])B([B])[B])B(B([B])[B])B([B])[B]. The fourth-order valence-corrected chi connectivity index (χ4v) is 3.21. The fourth-order valence-electron chi connectivity index (χ4n) is 3.21. The maximum absolute atomic E-state index is 6.03. The molecule has 0 amide bonds. The molecule has 25 radical (unpaired) electrons. The largest absolute Gasteiger partial charge is 0 e. The van der Waals surface area contributed by atoms with E-state index in [0.717, 1.165) is 0 Å². The van der Waals surface area contributed by atoms with E-state index in [-0.39, 0.29) is 0 Å². The van der Waals surface area contributed by atoms with E-state index < -0.39 is 63.9 Å². The maximum Gasteiger partial charge on any atom is 0 e. The van der Waals surface area contributed by atoms with Gasteiger partial charge in [0.25, 0.3) is 0 Å². The fraction of sp³-hybridized carbons (Fsp3) is 0. The standard InChI is InChI=1S/B23/c1-13-19(12)22(18(10)11)23(20(14(2)3)15(4)5)21(16(6)7)17(8)9. The summed E-state index contributed by atoms with van der Waals surface area (Å²) in [7, 11) is 71.4. The van der Waals surface area contributed by atoms with Crippen LogP contribution in [-0.2, 0) is 0 Å². The molecule has 0 aliphatic carbocycles. The molecule has 0 aliphatic rings. The van der Waals surface area contributed by atoms with Gasteiger partial charge in [-0.25, -0.2) is 0 Å². The number of rotatable bonds is 10. The van der Waals surface area contributed by atoms with Gasteiger partial charge in [-0.1, -0.05) is 0 Å². The van der Waals surface area contributed by atoms with E-state index >= 15 is 0 Å². The molecule has 0 atom stereocenters. The smallest absolute Gasteiger partial charge is 0 e. The highest BCUT2D eigenvalue weighted by molar-refractivity contribution is 8.22. The topological polar surface area (TPSA) is 0 Å². The maximum atomic E-state index is 6.03. The van der Waals surface area contributed by atoms with Crippen molar-refractivity contribution in [2.45, 2.75) is 0 Å². The van der Waals surface area contributed by atoms with Crippen molar-refractivity contribution < 1.29 is 0 Å². The molecule has 0 heterocycles. The highest BCUT2D eigenvalue weighted by Crippen LogP contribution is 2.09. The van der Waals surface area contributed by atoms with Gasteiger partial charge in [0.15, 0.2) is 0 Å². The first kappa shape index (κ1) is 24.5. The van der Waals surface area contributed by atoms with Crippen LogP contribution in [-0.4, -0.2) is 164 Å². The van der Waals surface area contributed by atoms with Crippen LogP contribution < -0.4 is 0 Å². The highest BCUT2D eigenvalue weighted by Gasteiger charge is 2.47. The van der Waals surface area contributed by atoms with Gasteiger partial charge in [0.05, 0.1) is 0 Å². The van der Waals surface area contributed by atoms with Gasteiger partial charge in [-0.05, 0) is 0 Å². The van der Waals surface area contributed by atoms with Crippen molar-refractivity contribution in [3.63, 3.8) is 0 Å². The van der Waals surface area contributed by atoms with Crippen LogP contribution in [0.3, 0.4) is 0 Å². The first-order valence-electron chi connectivity index (χ1n) is 7.33. The van der Waals surface area contributed by atoms with Crippen LogP contribution in [0, 0.1) is 0 Å². The van der Waals surface area contributed by atoms with E-state index in [1.54, 1.807) is 0 Å². The molecule has 0 fully saturated rings. The third-order valence-electron chi connectivity index (χ3n) is 4.22. The van der Waals surface area contributed by atoms with Crippen LogP contribution in [0.5, 0.6) is 0 Å². The van der Waals surface area contributed by atoms with E-state index in [9.17, 15) is 0 Å². The number of hydrogen-bond acceptors (Lipinski definition) is 0. The van der Waals surface area contributed by atoms with Gasteiger partial charge in [0.1, 0.15) is 0 Å². The Kier molecular flexibility index (Phi) is 12.0. The summed E-state index contributed by atoms with van der Waals surface area (Å²) >= 11 is 0. The molecule has 0 nitrogen and oxygen atoms in total. The molecule has 0 aromatic rings. The second kappa shape index (κ2) is 11.3. The summed E-state index contributed by atoms with van der Waals surface area (Å²) in [5.74, 6) is 0. The summed E-state index contributed by atoms with van der Waals surface area (Å²) in [6.07, 6.45) is -8.03. The predicted molar refractivity (Wildman–Crippen MR) is 132 cm³/mol. The van der Waals surface area contributed by atoms with Crippen LogP contribution in [0.15, 0.2) is 0 Å². The zero-order valence-electron chi connectivity index (χ0n) is 13.3. The summed E-state index contributed by atoms with van der Waals surface area (Å²) in [6.45, 7) is 0. The molecule has 0 aliphatic heterocycles. The average Bonchev–Trinajstić information content (AvgIpc) is 2.36. The summed E-state index contributed by atoms with van der Waals surface area (Å²) in [5.41, 5.74) is 0. The Balaban J connectivity index is 6.12. The van der Waals surface area contributed by atoms with Crippen molar-refractivity contribution in [3.05, 3.63) is 0 Å². The van der Waals surface area contributed by atoms with Crippen LogP contribution in [0.1, 0.15) is 0 Å². The molecule has 0 N–H and O–H groups in total. The summed E-state index contributed by atoms with van der Waals surface area (Å²) in [6, 6.07) is 0. The molecule has 23 heteroatoms. The normalized spacial score (nSPS) is 9.22. The van der Waals surface area contributed by atoms with Crippen molar-refractivity contribution in [3.8, 4) is 0 Å². The monoisotopic (exact) mass is 253 g/mol. The second-order valence-corrected chi connectivity index (χ2v) is 5.97. The van der Waals surface area contributed by atoms with Gasteiger partial charge in [-0.3, -0.25) is 0 Å². The van der Waals surface area contributed by atoms with Crippen LogP contribution in [0.4, 0.5) is 0 Å². The molecule has 0 unspecified atom stereocenters. The minimum absolute atomic E-state index is 0.648. The second-order valence-electron chi connectivity index (χ2n) is 5.97. The third kappa shape index (κ3) is 6.96. The molecule has 23 heavy (non-hydrogen) atoms. The van der Waals surface area contributed by atoms with E-state index in [0.29, 0.717) is 0 Å². The third-order valence-corrected chi connectivity index (χ3v) is 4.22. The Labute approximate surface area is 163 Å². The lowest BCUT2D eigenvalue weighted by atomic mass is 8.36. The number of hydrogen-bond donors (Lipinski definition) is 0. The first-order chi connectivity index (χ1) is 10.5. The van der Waals surface area contributed by atoms with Gasteiger partial charge >= 0.3 is 0 Å². The summed E-state index contributed by atoms with van der Waals surface area (Å²) in [5, 5.41) is 0. The molecule has 0 spiro atoms. The van der Waals surface area contributed by atoms with E-state index in [2.05, 4.69) is 0 Å². The van der Waals surface area contributed by atoms with Crippen LogP contribution >= 0.6 is 0 Å². The lowest BCUT2D eigenvalue weighted by Crippen LogP contribution is -2.83. The quantitative estimate of drug-likeness (QED) is 0.337. The van der Waals surface area contributed by atoms with Crippen molar-refractivity contribution in [1.29, 1.82) is 0 Å². The Morgan fingerprint density at radius 2 is 0.652 bits per heavy atom. The van der Waals surface area contributed by atoms with Crippen LogP contribution in [0.25, 0.3) is 0 Å². The van der Waals surface area contributed by atoms with Crippen molar-refractivity contribution in [1.82, 2.24) is 0 Å². The van der Waals surface area contributed by atoms with Gasteiger partial charge in [-0.2, -0.15) is 0 Å². The highest BCUT2D eigenvalue weighted by atomic mass is 13.3. The van der Waals surface area contributed by atoms with Crippen LogP contribution in [0.2, 0.25) is 0 Å². The molecular formula is B23. The predicted octanol–water partition coefficient (Wildman–Crippen LogP) is -8.76. The Hall–Kier alpha value is 1.49. The molecule has 0 saturated carbocycles. The molecular weight excluding hydrogens is 249 g/mol. The summed E-state index contributed by atoms with van der Waals surface area (Å²) in [4.78, 5) is 0. The molecule has 0 saturated heterocycles. The molecule has 0 aromatic heterocycles. The van der Waals surface area contributed by atoms with Gasteiger partial charge < -0.3 is 0 Å². The molecule has 0 rings (SSSR count). The minimum atomic E-state index is -0.925. The van der Waals surface area contributed by atoms with Crippen molar-refractivity contribution >= 4 is 164 Å². The van der Waals surface area contributed by atoms with Crippen molar-refractivity contribution in [2.75, 3.05) is 0 Å². The Morgan fingerprint density at radius 3 is 0.826 bits per heavy atom.